The molecule has 18 heavy (non-hydrogen) atoms. The van der Waals surface area contributed by atoms with Gasteiger partial charge in [0.05, 0.1) is 0 Å². The predicted octanol–water partition coefficient (Wildman–Crippen LogP) is 3.32. The molecule has 0 heterocycles. The van der Waals surface area contributed by atoms with Crippen LogP contribution in [0.1, 0.15) is 0 Å². The van der Waals surface area contributed by atoms with Gasteiger partial charge in [-0.05, 0) is 11.6 Å². The lowest BCUT2D eigenvalue weighted by molar-refractivity contribution is -0.442. The first-order chi connectivity index (χ1) is 7.56. The molecule has 0 bridgehead atoms. The van der Waals surface area contributed by atoms with E-state index in [0.717, 1.165) is 0 Å². The van der Waals surface area contributed by atoms with Gasteiger partial charge in [-0.2, -0.15) is 39.5 Å². The van der Waals surface area contributed by atoms with Gasteiger partial charge in [0.2, 0.25) is 0 Å². The van der Waals surface area contributed by atoms with Gasteiger partial charge in [-0.15, -0.1) is 0 Å². The molecular formula is C5ClF10NO. The van der Waals surface area contributed by atoms with Gasteiger partial charge >= 0.3 is 24.6 Å². The zero-order valence-electron chi connectivity index (χ0n) is 7.51. The van der Waals surface area contributed by atoms with Crippen LogP contribution in [0.15, 0.2) is 0 Å². The van der Waals surface area contributed by atoms with E-state index in [1.807, 2.05) is 0 Å². The van der Waals surface area contributed by atoms with E-state index in [4.69, 9.17) is 0 Å². The second kappa shape index (κ2) is 4.40. The van der Waals surface area contributed by atoms with Crippen molar-refractivity contribution in [1.29, 1.82) is 0 Å². The monoisotopic (exact) mass is 315 g/mol. The minimum Gasteiger partial charge on any atom is -0.276 e. The minimum atomic E-state index is -6.87. The molecule has 0 fully saturated rings. The number of hydrogen-bond donors (Lipinski definition) is 0. The Kier molecular flexibility index (Phi) is 4.21. The fourth-order valence-electron chi connectivity index (χ4n) is 0.819. The van der Waals surface area contributed by atoms with Crippen molar-refractivity contribution in [3.8, 4) is 0 Å². The summed E-state index contributed by atoms with van der Waals surface area (Å²) in [7, 11) is 0. The van der Waals surface area contributed by atoms with Crippen LogP contribution in [0.25, 0.3) is 0 Å². The number of rotatable bonds is 2. The minimum absolute atomic E-state index is 3.52. The summed E-state index contributed by atoms with van der Waals surface area (Å²) in [6.07, 6.45) is -20.6. The van der Waals surface area contributed by atoms with Gasteiger partial charge < -0.3 is 0 Å². The summed E-state index contributed by atoms with van der Waals surface area (Å²) in [5.74, 6) is -6.47. The van der Waals surface area contributed by atoms with Gasteiger partial charge in [0.25, 0.3) is 5.24 Å². The van der Waals surface area contributed by atoms with Crippen molar-refractivity contribution < 1.29 is 48.7 Å². The molecule has 0 aromatic carbocycles. The zero-order valence-corrected chi connectivity index (χ0v) is 8.27. The van der Waals surface area contributed by atoms with Crippen LogP contribution in [0.5, 0.6) is 0 Å². The topological polar surface area (TPSA) is 20.3 Å². The van der Waals surface area contributed by atoms with Crippen LogP contribution in [-0.2, 0) is 4.79 Å². The zero-order chi connectivity index (χ0) is 15.2. The maximum absolute atomic E-state index is 13.0. The summed E-state index contributed by atoms with van der Waals surface area (Å²) >= 11 is 3.90. The Morgan fingerprint density at radius 3 is 1.11 bits per heavy atom. The molecule has 0 saturated heterocycles. The molecule has 1 atom stereocenters. The molecule has 0 spiro atoms. The third-order valence-corrected chi connectivity index (χ3v) is 1.70. The standard InChI is InChI=1S/C5ClF10NO/c6-1(18)2(7,3(8,9)10)17(4(11,12)13)5(14,15)16. The Labute approximate surface area is 96.1 Å². The van der Waals surface area contributed by atoms with E-state index in [2.05, 4.69) is 11.6 Å². The van der Waals surface area contributed by atoms with Gasteiger partial charge in [0.1, 0.15) is 0 Å². The van der Waals surface area contributed by atoms with Crippen molar-refractivity contribution >= 4 is 16.8 Å². The number of nitrogens with zero attached hydrogens (tertiary/aromatic N) is 1. The van der Waals surface area contributed by atoms with Crippen molar-refractivity contribution in [3.63, 3.8) is 0 Å². The average molecular weight is 315 g/mol. The van der Waals surface area contributed by atoms with Gasteiger partial charge in [0.15, 0.2) is 0 Å². The molecule has 0 aromatic heterocycles. The molecule has 2 nitrogen and oxygen atoms in total. The van der Waals surface area contributed by atoms with Crippen LogP contribution in [0.3, 0.4) is 0 Å². The summed E-state index contributed by atoms with van der Waals surface area (Å²) in [5, 5.41) is -3.52. The molecule has 0 N–H and O–H groups in total. The third kappa shape index (κ3) is 2.96. The number of halogens is 11. The Balaban J connectivity index is 6.09. The number of hydrogen-bond acceptors (Lipinski definition) is 2. The maximum atomic E-state index is 13.0. The molecule has 0 amide bonds. The van der Waals surface area contributed by atoms with Gasteiger partial charge in [-0.1, -0.05) is 4.90 Å². The molecule has 0 aliphatic carbocycles. The second-order valence-corrected chi connectivity index (χ2v) is 3.01. The molecule has 0 radical (unpaired) electrons. The molecule has 1 unspecified atom stereocenters. The lowest BCUT2D eigenvalue weighted by Gasteiger charge is -2.37. The highest BCUT2D eigenvalue weighted by Gasteiger charge is 2.77. The molecule has 0 aliphatic heterocycles. The highest BCUT2D eigenvalue weighted by atomic mass is 35.5. The van der Waals surface area contributed by atoms with Crippen LogP contribution in [0.4, 0.5) is 43.9 Å². The average Bonchev–Trinajstić information content (AvgIpc) is 1.94. The number of carbonyl (C=O) groups is 1. The summed E-state index contributed by atoms with van der Waals surface area (Å²) in [6.45, 7) is 0. The largest absolute Gasteiger partial charge is 0.470 e. The Morgan fingerprint density at radius 1 is 0.778 bits per heavy atom. The molecular weight excluding hydrogens is 315 g/mol. The first kappa shape index (κ1) is 17.2. The fourth-order valence-corrected chi connectivity index (χ4v) is 1.01. The van der Waals surface area contributed by atoms with Crippen molar-refractivity contribution in [1.82, 2.24) is 4.90 Å². The summed E-state index contributed by atoms with van der Waals surface area (Å²) in [5.41, 5.74) is 0. The van der Waals surface area contributed by atoms with Crippen molar-refractivity contribution in [2.24, 2.45) is 0 Å². The first-order valence-corrected chi connectivity index (χ1v) is 3.83. The molecule has 13 heteroatoms. The lowest BCUT2D eigenvalue weighted by Crippen LogP contribution is -2.68. The van der Waals surface area contributed by atoms with E-state index in [0.29, 0.717) is 0 Å². The maximum Gasteiger partial charge on any atom is 0.470 e. The molecule has 0 aliphatic rings. The highest BCUT2D eigenvalue weighted by molar-refractivity contribution is 6.65. The SMILES string of the molecule is O=C(Cl)C(F)(N(C(F)(F)F)C(F)(F)F)C(F)(F)F. The van der Waals surface area contributed by atoms with E-state index < -0.39 is 34.7 Å². The van der Waals surface area contributed by atoms with Crippen LogP contribution in [0, 0.1) is 0 Å². The van der Waals surface area contributed by atoms with Crippen molar-refractivity contribution in [3.05, 3.63) is 0 Å². The highest BCUT2D eigenvalue weighted by Crippen LogP contribution is 2.48. The predicted molar refractivity (Wildman–Crippen MR) is 34.7 cm³/mol. The summed E-state index contributed by atoms with van der Waals surface area (Å²) in [4.78, 5) is 6.52. The first-order valence-electron chi connectivity index (χ1n) is 3.45. The molecule has 108 valence electrons. The second-order valence-electron chi connectivity index (χ2n) is 2.66. The molecule has 0 aromatic rings. The fraction of sp³-hybridized carbons (Fsp3) is 0.800. The summed E-state index contributed by atoms with van der Waals surface area (Å²) in [6, 6.07) is 0. The Morgan fingerprint density at radius 2 is 1.06 bits per heavy atom. The molecule has 0 saturated carbocycles. The quantitative estimate of drug-likeness (QED) is 0.443. The van der Waals surface area contributed by atoms with Crippen molar-refractivity contribution in [2.45, 2.75) is 24.6 Å². The third-order valence-electron chi connectivity index (χ3n) is 1.45. The van der Waals surface area contributed by atoms with E-state index in [1.54, 1.807) is 0 Å². The van der Waals surface area contributed by atoms with E-state index in [-0.39, 0.29) is 0 Å². The van der Waals surface area contributed by atoms with Crippen LogP contribution >= 0.6 is 11.6 Å². The van der Waals surface area contributed by atoms with Crippen LogP contribution in [-0.4, -0.2) is 34.7 Å². The molecule has 0 rings (SSSR count). The van der Waals surface area contributed by atoms with E-state index >= 15 is 0 Å². The van der Waals surface area contributed by atoms with Gasteiger partial charge in [-0.3, -0.25) is 4.79 Å². The van der Waals surface area contributed by atoms with Gasteiger partial charge in [0, 0.05) is 0 Å². The van der Waals surface area contributed by atoms with E-state index in [1.165, 1.54) is 0 Å². The van der Waals surface area contributed by atoms with Crippen LogP contribution in [0.2, 0.25) is 0 Å². The Bertz CT molecular complexity index is 317. The smallest absolute Gasteiger partial charge is 0.276 e. The Hall–Kier alpha value is -0.780. The normalized spacial score (nSPS) is 17.8. The lowest BCUT2D eigenvalue weighted by atomic mass is 10.2. The van der Waals surface area contributed by atoms with Gasteiger partial charge in [-0.25, -0.2) is 4.39 Å². The summed E-state index contributed by atoms with van der Waals surface area (Å²) < 4.78 is 120. The number of alkyl halides is 10. The van der Waals surface area contributed by atoms with Crippen molar-refractivity contribution in [2.75, 3.05) is 0 Å². The van der Waals surface area contributed by atoms with Crippen LogP contribution < -0.4 is 0 Å². The number of carbonyl (C=O) groups excluding carboxylic acids is 1. The van der Waals surface area contributed by atoms with E-state index in [9.17, 15) is 48.7 Å².